The van der Waals surface area contributed by atoms with Gasteiger partial charge in [-0.15, -0.1) is 11.3 Å². The van der Waals surface area contributed by atoms with Crippen molar-refractivity contribution >= 4 is 22.9 Å². The van der Waals surface area contributed by atoms with E-state index in [0.717, 1.165) is 17.8 Å². The highest BCUT2D eigenvalue weighted by molar-refractivity contribution is 7.07. The van der Waals surface area contributed by atoms with Crippen LogP contribution in [0.1, 0.15) is 11.3 Å². The first kappa shape index (κ1) is 12.2. The minimum Gasteiger partial charge on any atom is -0.384 e. The highest BCUT2D eigenvalue weighted by Crippen LogP contribution is 2.24. The molecule has 0 aliphatic carbocycles. The highest BCUT2D eigenvalue weighted by atomic mass is 32.1. The van der Waals surface area contributed by atoms with Crippen molar-refractivity contribution in [2.75, 3.05) is 11.9 Å². The van der Waals surface area contributed by atoms with Crippen molar-refractivity contribution in [2.24, 2.45) is 5.92 Å². The van der Waals surface area contributed by atoms with E-state index in [9.17, 15) is 4.79 Å². The minimum absolute atomic E-state index is 0.00599. The fraction of sp³-hybridized carbons (Fsp3) is 0.286. The van der Waals surface area contributed by atoms with E-state index < -0.39 is 0 Å². The van der Waals surface area contributed by atoms with Gasteiger partial charge in [0, 0.05) is 17.6 Å². The lowest BCUT2D eigenvalue weighted by molar-refractivity contribution is -0.124. The van der Waals surface area contributed by atoms with Crippen molar-refractivity contribution in [3.05, 3.63) is 46.4 Å². The molecule has 0 fully saturated rings. The Bertz CT molecular complexity index is 568. The normalized spacial score (nSPS) is 17.4. The van der Waals surface area contributed by atoms with E-state index in [-0.39, 0.29) is 11.8 Å². The summed E-state index contributed by atoms with van der Waals surface area (Å²) in [4.78, 5) is 16.3. The topological polar surface area (TPSA) is 54.0 Å². The van der Waals surface area contributed by atoms with Crippen molar-refractivity contribution in [1.29, 1.82) is 0 Å². The van der Waals surface area contributed by atoms with Gasteiger partial charge >= 0.3 is 0 Å². The molecule has 2 aromatic rings. The van der Waals surface area contributed by atoms with Crippen LogP contribution in [-0.2, 0) is 17.8 Å². The van der Waals surface area contributed by atoms with Gasteiger partial charge in [0.1, 0.15) is 0 Å². The number of hydrogen-bond donors (Lipinski definition) is 2. The first-order valence-corrected chi connectivity index (χ1v) is 7.24. The van der Waals surface area contributed by atoms with E-state index in [4.69, 9.17) is 0 Å². The average Bonchev–Trinajstić information content (AvgIpc) is 2.97. The summed E-state index contributed by atoms with van der Waals surface area (Å²) in [5.41, 5.74) is 5.05. The molecule has 0 saturated heterocycles. The number of anilines is 1. The summed E-state index contributed by atoms with van der Waals surface area (Å²) < 4.78 is 0. The highest BCUT2D eigenvalue weighted by Gasteiger charge is 2.23. The van der Waals surface area contributed by atoms with Crippen LogP contribution in [0.3, 0.4) is 0 Å². The predicted molar refractivity (Wildman–Crippen MR) is 76.1 cm³/mol. The fourth-order valence-electron chi connectivity index (χ4n) is 2.27. The Morgan fingerprint density at radius 3 is 3.21 bits per heavy atom. The Labute approximate surface area is 115 Å². The van der Waals surface area contributed by atoms with Crippen molar-refractivity contribution < 1.29 is 4.79 Å². The maximum atomic E-state index is 12.1. The van der Waals surface area contributed by atoms with Gasteiger partial charge in [-0.05, 0) is 18.1 Å². The summed E-state index contributed by atoms with van der Waals surface area (Å²) in [6.45, 7) is 1.21. The molecule has 0 bridgehead atoms. The van der Waals surface area contributed by atoms with Gasteiger partial charge in [-0.2, -0.15) is 0 Å². The molecular formula is C14H15N3OS. The molecule has 98 valence electrons. The Morgan fingerprint density at radius 1 is 1.47 bits per heavy atom. The van der Waals surface area contributed by atoms with Crippen LogP contribution in [0, 0.1) is 5.92 Å². The van der Waals surface area contributed by atoms with Crippen LogP contribution in [0.2, 0.25) is 0 Å². The molecule has 1 aromatic carbocycles. The van der Waals surface area contributed by atoms with Gasteiger partial charge in [0.2, 0.25) is 5.91 Å². The monoisotopic (exact) mass is 273 g/mol. The van der Waals surface area contributed by atoms with Crippen LogP contribution in [0.25, 0.3) is 0 Å². The number of rotatable bonds is 3. The molecule has 2 N–H and O–H groups in total. The lowest BCUT2D eigenvalue weighted by Crippen LogP contribution is -2.37. The number of fused-ring (bicyclic) bond motifs is 1. The van der Waals surface area contributed by atoms with E-state index in [2.05, 4.69) is 27.8 Å². The lowest BCUT2D eigenvalue weighted by atomic mass is 9.93. The van der Waals surface area contributed by atoms with Gasteiger partial charge in [-0.25, -0.2) is 4.98 Å². The summed E-state index contributed by atoms with van der Waals surface area (Å²) in [5.74, 6) is 0.0866. The third-order valence-electron chi connectivity index (χ3n) is 3.32. The Balaban J connectivity index is 1.60. The van der Waals surface area contributed by atoms with Crippen molar-refractivity contribution in [2.45, 2.75) is 13.0 Å². The molecule has 1 amide bonds. The molecule has 1 unspecified atom stereocenters. The van der Waals surface area contributed by atoms with Gasteiger partial charge in [0.15, 0.2) is 0 Å². The molecule has 2 heterocycles. The molecule has 19 heavy (non-hydrogen) atoms. The number of nitrogens with one attached hydrogen (secondary N) is 2. The molecular weight excluding hydrogens is 258 g/mol. The van der Waals surface area contributed by atoms with Gasteiger partial charge in [-0.3, -0.25) is 4.79 Å². The molecule has 4 nitrogen and oxygen atoms in total. The number of para-hydroxylation sites is 1. The van der Waals surface area contributed by atoms with Crippen LogP contribution in [0.15, 0.2) is 35.2 Å². The molecule has 3 rings (SSSR count). The smallest absolute Gasteiger partial charge is 0.225 e. The van der Waals surface area contributed by atoms with Crippen molar-refractivity contribution in [3.8, 4) is 0 Å². The van der Waals surface area contributed by atoms with E-state index >= 15 is 0 Å². The summed E-state index contributed by atoms with van der Waals surface area (Å²) in [6.07, 6.45) is 0.798. The number of carbonyl (C=O) groups excluding carboxylic acids is 1. The maximum absolute atomic E-state index is 12.1. The summed E-state index contributed by atoms with van der Waals surface area (Å²) in [5, 5.41) is 8.22. The molecule has 1 atom stereocenters. The van der Waals surface area contributed by atoms with Crippen LogP contribution >= 0.6 is 11.3 Å². The Morgan fingerprint density at radius 2 is 2.37 bits per heavy atom. The first-order valence-electron chi connectivity index (χ1n) is 6.29. The first-order chi connectivity index (χ1) is 9.33. The number of amides is 1. The Hall–Kier alpha value is -1.88. The van der Waals surface area contributed by atoms with E-state index in [1.807, 2.05) is 17.5 Å². The molecule has 1 aliphatic rings. The van der Waals surface area contributed by atoms with Gasteiger partial charge in [0.25, 0.3) is 0 Å². The molecule has 1 aliphatic heterocycles. The zero-order valence-corrected chi connectivity index (χ0v) is 11.2. The number of aromatic nitrogens is 1. The quantitative estimate of drug-likeness (QED) is 0.900. The number of nitrogens with zero attached hydrogens (tertiary/aromatic N) is 1. The van der Waals surface area contributed by atoms with Crippen LogP contribution in [0.4, 0.5) is 5.69 Å². The Kier molecular flexibility index (Phi) is 3.46. The second-order valence-electron chi connectivity index (χ2n) is 4.64. The molecule has 0 spiro atoms. The number of carbonyl (C=O) groups is 1. The number of thiazole rings is 1. The molecule has 5 heteroatoms. The third kappa shape index (κ3) is 2.76. The van der Waals surface area contributed by atoms with Gasteiger partial charge in [-0.1, -0.05) is 18.2 Å². The van der Waals surface area contributed by atoms with Gasteiger partial charge < -0.3 is 10.6 Å². The van der Waals surface area contributed by atoms with E-state index in [0.29, 0.717) is 13.1 Å². The minimum atomic E-state index is -0.00599. The third-order valence-corrected chi connectivity index (χ3v) is 3.96. The predicted octanol–water partition coefficient (Wildman–Crippen LogP) is 2.04. The number of hydrogen-bond acceptors (Lipinski definition) is 4. The lowest BCUT2D eigenvalue weighted by Gasteiger charge is -2.25. The fourth-order valence-corrected chi connectivity index (χ4v) is 2.83. The maximum Gasteiger partial charge on any atom is 0.225 e. The summed E-state index contributed by atoms with van der Waals surface area (Å²) in [7, 11) is 0. The molecule has 0 saturated carbocycles. The molecule has 0 radical (unpaired) electrons. The summed E-state index contributed by atoms with van der Waals surface area (Å²) in [6, 6.07) is 8.14. The van der Waals surface area contributed by atoms with Crippen LogP contribution in [-0.4, -0.2) is 17.4 Å². The van der Waals surface area contributed by atoms with Crippen LogP contribution in [0.5, 0.6) is 0 Å². The largest absolute Gasteiger partial charge is 0.384 e. The second kappa shape index (κ2) is 5.40. The van der Waals surface area contributed by atoms with E-state index in [1.54, 1.807) is 16.8 Å². The average molecular weight is 273 g/mol. The van der Waals surface area contributed by atoms with Crippen molar-refractivity contribution in [3.63, 3.8) is 0 Å². The number of benzene rings is 1. The van der Waals surface area contributed by atoms with E-state index in [1.165, 1.54) is 5.56 Å². The van der Waals surface area contributed by atoms with Gasteiger partial charge in [0.05, 0.1) is 23.7 Å². The zero-order chi connectivity index (χ0) is 13.1. The summed E-state index contributed by atoms with van der Waals surface area (Å²) >= 11 is 1.54. The standard InChI is InChI=1S/C14H15N3OS/c18-14(16-7-12-8-19-9-17-12)11-5-10-3-1-2-4-13(10)15-6-11/h1-4,8-9,11,15H,5-7H2,(H,16,18). The van der Waals surface area contributed by atoms with Crippen LogP contribution < -0.4 is 10.6 Å². The second-order valence-corrected chi connectivity index (χ2v) is 5.36. The molecule has 1 aromatic heterocycles. The zero-order valence-electron chi connectivity index (χ0n) is 10.4. The van der Waals surface area contributed by atoms with Crippen molar-refractivity contribution in [1.82, 2.24) is 10.3 Å². The SMILES string of the molecule is O=C(NCc1cscn1)C1CNc2ccccc2C1.